The number of likely N-dealkylation sites (N-methyl/N-ethyl adjacent to an activating group) is 1. The van der Waals surface area contributed by atoms with Crippen LogP contribution in [0.3, 0.4) is 0 Å². The second kappa shape index (κ2) is 8.50. The molecule has 1 saturated carbocycles. The third-order valence-electron chi connectivity index (χ3n) is 6.57. The molecule has 4 rings (SSSR count). The number of anilines is 1. The summed E-state index contributed by atoms with van der Waals surface area (Å²) >= 11 is 0. The van der Waals surface area contributed by atoms with Crippen LogP contribution in [0.1, 0.15) is 32.1 Å². The molecule has 2 aliphatic rings. The molecule has 1 aliphatic carbocycles. The van der Waals surface area contributed by atoms with Crippen LogP contribution < -0.4 is 10.6 Å². The van der Waals surface area contributed by atoms with Crippen molar-refractivity contribution in [3.63, 3.8) is 0 Å². The van der Waals surface area contributed by atoms with Crippen molar-refractivity contribution in [3.8, 4) is 0 Å². The first-order valence-electron chi connectivity index (χ1n) is 10.6. The highest BCUT2D eigenvalue weighted by molar-refractivity contribution is 6.01. The number of carbonyl (C=O) groups is 1. The highest BCUT2D eigenvalue weighted by atomic mass is 16.2. The molecule has 1 saturated heterocycles. The van der Waals surface area contributed by atoms with Gasteiger partial charge in [-0.05, 0) is 31.3 Å². The van der Waals surface area contributed by atoms with Crippen LogP contribution in [0.4, 0.5) is 10.5 Å². The molecule has 5 heteroatoms. The van der Waals surface area contributed by atoms with Crippen molar-refractivity contribution in [2.75, 3.05) is 45.1 Å². The summed E-state index contributed by atoms with van der Waals surface area (Å²) in [6, 6.07) is 14.1. The average molecular weight is 381 g/mol. The summed E-state index contributed by atoms with van der Waals surface area (Å²) in [5.41, 5.74) is 0.989. The maximum absolute atomic E-state index is 12.7. The van der Waals surface area contributed by atoms with Crippen LogP contribution in [0.25, 0.3) is 10.8 Å². The monoisotopic (exact) mass is 380 g/mol. The van der Waals surface area contributed by atoms with Crippen LogP contribution in [0, 0.1) is 0 Å². The van der Waals surface area contributed by atoms with Gasteiger partial charge in [0.15, 0.2) is 0 Å². The van der Waals surface area contributed by atoms with E-state index >= 15 is 0 Å². The number of rotatable bonds is 4. The molecule has 0 aromatic heterocycles. The number of carbonyl (C=O) groups excluding carboxylic acids is 1. The summed E-state index contributed by atoms with van der Waals surface area (Å²) in [4.78, 5) is 17.8. The van der Waals surface area contributed by atoms with E-state index in [0.29, 0.717) is 0 Å². The normalized spacial score (nSPS) is 20.8. The van der Waals surface area contributed by atoms with Gasteiger partial charge in [-0.2, -0.15) is 0 Å². The summed E-state index contributed by atoms with van der Waals surface area (Å²) in [7, 11) is 2.20. The van der Waals surface area contributed by atoms with Gasteiger partial charge in [0.1, 0.15) is 0 Å². The molecule has 28 heavy (non-hydrogen) atoms. The fraction of sp³-hybridized carbons (Fsp3) is 0.522. The van der Waals surface area contributed by atoms with E-state index in [-0.39, 0.29) is 11.6 Å². The number of hydrogen-bond acceptors (Lipinski definition) is 3. The maximum atomic E-state index is 12.7. The second-order valence-corrected chi connectivity index (χ2v) is 8.41. The standard InChI is InChI=1S/C23H32N4O/c1-26-14-16-27(17-15-26)23(12-5-2-6-13-23)18-24-22(28)25-21-11-7-9-19-8-3-4-10-20(19)21/h3-4,7-11H,2,5-6,12-18H2,1H3,(H2,24,25,28). The first kappa shape index (κ1) is 19.2. The molecule has 1 heterocycles. The van der Waals surface area contributed by atoms with Crippen molar-refractivity contribution in [2.45, 2.75) is 37.6 Å². The lowest BCUT2D eigenvalue weighted by atomic mass is 9.79. The van der Waals surface area contributed by atoms with Gasteiger partial charge in [0.05, 0.1) is 5.69 Å². The lowest BCUT2D eigenvalue weighted by molar-refractivity contribution is 0.0157. The smallest absolute Gasteiger partial charge is 0.319 e. The SMILES string of the molecule is CN1CCN(C2(CNC(=O)Nc3cccc4ccccc34)CCCCC2)CC1. The minimum atomic E-state index is -0.101. The van der Waals surface area contributed by atoms with Crippen molar-refractivity contribution in [1.82, 2.24) is 15.1 Å². The lowest BCUT2D eigenvalue weighted by Gasteiger charge is -2.49. The molecule has 2 fully saturated rings. The number of benzene rings is 2. The van der Waals surface area contributed by atoms with E-state index in [2.05, 4.69) is 45.7 Å². The summed E-state index contributed by atoms with van der Waals surface area (Å²) in [5.74, 6) is 0. The summed E-state index contributed by atoms with van der Waals surface area (Å²) in [6.07, 6.45) is 6.21. The van der Waals surface area contributed by atoms with E-state index in [1.165, 1.54) is 32.1 Å². The molecular weight excluding hydrogens is 348 g/mol. The molecule has 0 radical (unpaired) electrons. The largest absolute Gasteiger partial charge is 0.336 e. The van der Waals surface area contributed by atoms with E-state index in [4.69, 9.17) is 0 Å². The van der Waals surface area contributed by atoms with Crippen molar-refractivity contribution >= 4 is 22.5 Å². The van der Waals surface area contributed by atoms with Crippen molar-refractivity contribution < 1.29 is 4.79 Å². The zero-order chi connectivity index (χ0) is 19.4. The van der Waals surface area contributed by atoms with Gasteiger partial charge < -0.3 is 15.5 Å². The predicted octanol–water partition coefficient (Wildman–Crippen LogP) is 3.91. The zero-order valence-corrected chi connectivity index (χ0v) is 16.9. The van der Waals surface area contributed by atoms with E-state index in [0.717, 1.165) is 49.2 Å². The lowest BCUT2D eigenvalue weighted by Crippen LogP contribution is -2.61. The van der Waals surface area contributed by atoms with Gasteiger partial charge in [-0.1, -0.05) is 55.7 Å². The Morgan fingerprint density at radius 3 is 2.46 bits per heavy atom. The number of fused-ring (bicyclic) bond motifs is 1. The molecule has 0 spiro atoms. The average Bonchev–Trinajstić information content (AvgIpc) is 2.74. The fourth-order valence-corrected chi connectivity index (χ4v) is 4.84. The molecule has 1 aliphatic heterocycles. The summed E-state index contributed by atoms with van der Waals surface area (Å²) in [6.45, 7) is 5.16. The van der Waals surface area contributed by atoms with Crippen LogP contribution in [0.5, 0.6) is 0 Å². The van der Waals surface area contributed by atoms with Gasteiger partial charge in [-0.25, -0.2) is 4.79 Å². The van der Waals surface area contributed by atoms with E-state index in [1.54, 1.807) is 0 Å². The number of urea groups is 1. The Kier molecular flexibility index (Phi) is 5.83. The Hall–Kier alpha value is -2.11. The minimum absolute atomic E-state index is 0.101. The Labute approximate surface area is 168 Å². The topological polar surface area (TPSA) is 47.6 Å². The molecule has 0 atom stereocenters. The summed E-state index contributed by atoms with van der Waals surface area (Å²) in [5, 5.41) is 8.50. The molecule has 2 aromatic carbocycles. The number of hydrogen-bond donors (Lipinski definition) is 2. The van der Waals surface area contributed by atoms with Crippen LogP contribution in [0.2, 0.25) is 0 Å². The first-order valence-corrected chi connectivity index (χ1v) is 10.6. The highest BCUT2D eigenvalue weighted by Crippen LogP contribution is 2.34. The van der Waals surface area contributed by atoms with Crippen molar-refractivity contribution in [3.05, 3.63) is 42.5 Å². The van der Waals surface area contributed by atoms with Gasteiger partial charge in [0, 0.05) is 43.6 Å². The van der Waals surface area contributed by atoms with Crippen molar-refractivity contribution in [1.29, 1.82) is 0 Å². The number of nitrogens with zero attached hydrogens (tertiary/aromatic N) is 2. The number of nitrogens with one attached hydrogen (secondary N) is 2. The van der Waals surface area contributed by atoms with Gasteiger partial charge in [0.2, 0.25) is 0 Å². The first-order chi connectivity index (χ1) is 13.7. The fourth-order valence-electron chi connectivity index (χ4n) is 4.84. The van der Waals surface area contributed by atoms with E-state index < -0.39 is 0 Å². The third-order valence-corrected chi connectivity index (χ3v) is 6.57. The second-order valence-electron chi connectivity index (χ2n) is 8.41. The van der Waals surface area contributed by atoms with E-state index in [9.17, 15) is 4.79 Å². The van der Waals surface area contributed by atoms with Gasteiger partial charge in [-0.15, -0.1) is 0 Å². The van der Waals surface area contributed by atoms with Gasteiger partial charge >= 0.3 is 6.03 Å². The van der Waals surface area contributed by atoms with Gasteiger partial charge in [0.25, 0.3) is 0 Å². The number of amides is 2. The van der Waals surface area contributed by atoms with Crippen LogP contribution >= 0.6 is 0 Å². The quantitative estimate of drug-likeness (QED) is 0.845. The Bertz CT molecular complexity index is 802. The Morgan fingerprint density at radius 2 is 1.68 bits per heavy atom. The number of piperazine rings is 1. The zero-order valence-electron chi connectivity index (χ0n) is 16.9. The maximum Gasteiger partial charge on any atom is 0.319 e. The molecule has 5 nitrogen and oxygen atoms in total. The molecular formula is C23H32N4O. The molecule has 2 amide bonds. The predicted molar refractivity (Wildman–Crippen MR) is 116 cm³/mol. The highest BCUT2D eigenvalue weighted by Gasteiger charge is 2.39. The molecule has 2 N–H and O–H groups in total. The van der Waals surface area contributed by atoms with Crippen LogP contribution in [-0.2, 0) is 0 Å². The summed E-state index contributed by atoms with van der Waals surface area (Å²) < 4.78 is 0. The van der Waals surface area contributed by atoms with Gasteiger partial charge in [-0.3, -0.25) is 4.90 Å². The minimum Gasteiger partial charge on any atom is -0.336 e. The van der Waals surface area contributed by atoms with Crippen LogP contribution in [0.15, 0.2) is 42.5 Å². The Balaban J connectivity index is 1.42. The van der Waals surface area contributed by atoms with Crippen LogP contribution in [-0.4, -0.2) is 61.1 Å². The molecule has 150 valence electrons. The molecule has 0 unspecified atom stereocenters. The van der Waals surface area contributed by atoms with E-state index in [1.807, 2.05) is 24.3 Å². The third kappa shape index (κ3) is 4.15. The molecule has 2 aromatic rings. The Morgan fingerprint density at radius 1 is 0.964 bits per heavy atom. The van der Waals surface area contributed by atoms with Crippen molar-refractivity contribution in [2.24, 2.45) is 0 Å². The molecule has 0 bridgehead atoms.